The van der Waals surface area contributed by atoms with Gasteiger partial charge in [-0.25, -0.2) is 0 Å². The summed E-state index contributed by atoms with van der Waals surface area (Å²) in [6, 6.07) is 51.9. The standard InChI is InChI=1S/C42H24O2/c1-2-18-37-32(10-1)36-17-7-16-34-31(22-23-39(43-37)42(34)36)30-14-6-12-28-27(11-5-13-29(28)30)26-20-21-33-35-15-3-8-25-9-4-19-38(41(25)35)44-40(33)24-26/h1-24H. The van der Waals surface area contributed by atoms with Gasteiger partial charge in [-0.1, -0.05) is 115 Å². The predicted molar refractivity (Wildman–Crippen MR) is 181 cm³/mol. The van der Waals surface area contributed by atoms with Crippen LogP contribution >= 0.6 is 0 Å². The van der Waals surface area contributed by atoms with E-state index < -0.39 is 0 Å². The third-order valence-electron chi connectivity index (χ3n) is 9.28. The van der Waals surface area contributed by atoms with Crippen LogP contribution in [0.4, 0.5) is 0 Å². The van der Waals surface area contributed by atoms with Gasteiger partial charge in [-0.15, -0.1) is 0 Å². The maximum atomic E-state index is 6.52. The molecule has 0 saturated heterocycles. The molecule has 0 radical (unpaired) electrons. The van der Waals surface area contributed by atoms with Crippen molar-refractivity contribution in [3.63, 3.8) is 0 Å². The summed E-state index contributed by atoms with van der Waals surface area (Å²) in [4.78, 5) is 0. The Labute approximate surface area is 254 Å². The lowest BCUT2D eigenvalue weighted by Gasteiger charge is -2.23. The van der Waals surface area contributed by atoms with Gasteiger partial charge < -0.3 is 9.47 Å². The molecule has 0 spiro atoms. The molecule has 2 aliphatic rings. The molecule has 2 heterocycles. The Bertz CT molecular complexity index is 2500. The highest BCUT2D eigenvalue weighted by Gasteiger charge is 2.23. The van der Waals surface area contributed by atoms with Gasteiger partial charge in [0.2, 0.25) is 0 Å². The summed E-state index contributed by atoms with van der Waals surface area (Å²) in [6.45, 7) is 0. The van der Waals surface area contributed by atoms with Crippen molar-refractivity contribution in [1.29, 1.82) is 0 Å². The summed E-state index contributed by atoms with van der Waals surface area (Å²) in [6.07, 6.45) is 0. The van der Waals surface area contributed by atoms with Crippen LogP contribution in [0.15, 0.2) is 146 Å². The summed E-state index contributed by atoms with van der Waals surface area (Å²) in [7, 11) is 0. The smallest absolute Gasteiger partial charge is 0.135 e. The molecule has 0 aliphatic carbocycles. The molecule has 0 fully saturated rings. The molecule has 8 aromatic carbocycles. The van der Waals surface area contributed by atoms with Crippen LogP contribution in [-0.4, -0.2) is 0 Å². The lowest BCUT2D eigenvalue weighted by Crippen LogP contribution is -1.98. The molecule has 0 saturated carbocycles. The molecule has 44 heavy (non-hydrogen) atoms. The first-order valence-corrected chi connectivity index (χ1v) is 15.0. The number of para-hydroxylation sites is 1. The van der Waals surface area contributed by atoms with Gasteiger partial charge >= 0.3 is 0 Å². The largest absolute Gasteiger partial charge is 0.456 e. The molecule has 10 rings (SSSR count). The molecule has 0 unspecified atom stereocenters. The van der Waals surface area contributed by atoms with Crippen molar-refractivity contribution in [1.82, 2.24) is 0 Å². The topological polar surface area (TPSA) is 18.5 Å². The van der Waals surface area contributed by atoms with E-state index in [-0.39, 0.29) is 0 Å². The SMILES string of the molecule is c1ccc2c(c1)Oc1ccc(-c3cccc4c(-c5ccc6c(c5)Oc5cccc7cccc-6c57)cccc34)c3cccc-2c13. The van der Waals surface area contributed by atoms with E-state index in [1.165, 1.54) is 60.1 Å². The Morgan fingerprint density at radius 1 is 0.295 bits per heavy atom. The van der Waals surface area contributed by atoms with Gasteiger partial charge in [0.05, 0.1) is 0 Å². The highest BCUT2D eigenvalue weighted by atomic mass is 16.5. The Kier molecular flexibility index (Phi) is 4.75. The highest BCUT2D eigenvalue weighted by molar-refractivity contribution is 6.14. The van der Waals surface area contributed by atoms with Gasteiger partial charge in [0.25, 0.3) is 0 Å². The van der Waals surface area contributed by atoms with Crippen molar-refractivity contribution >= 4 is 32.3 Å². The molecule has 0 atom stereocenters. The molecule has 0 aromatic heterocycles. The quantitative estimate of drug-likeness (QED) is 0.209. The average Bonchev–Trinajstić information content (AvgIpc) is 3.08. The van der Waals surface area contributed by atoms with Gasteiger partial charge in [-0.3, -0.25) is 0 Å². The molecular formula is C42H24O2. The molecule has 2 heteroatoms. The van der Waals surface area contributed by atoms with Crippen LogP contribution in [0.2, 0.25) is 0 Å². The minimum Gasteiger partial charge on any atom is -0.456 e. The molecule has 0 N–H and O–H groups in total. The van der Waals surface area contributed by atoms with Gasteiger partial charge in [-0.2, -0.15) is 0 Å². The molecule has 0 bridgehead atoms. The molecular weight excluding hydrogens is 536 g/mol. The lowest BCUT2D eigenvalue weighted by atomic mass is 9.87. The van der Waals surface area contributed by atoms with Crippen molar-refractivity contribution in [2.24, 2.45) is 0 Å². The van der Waals surface area contributed by atoms with Gasteiger partial charge in [0.1, 0.15) is 23.0 Å². The highest BCUT2D eigenvalue weighted by Crippen LogP contribution is 2.50. The van der Waals surface area contributed by atoms with Gasteiger partial charge in [0, 0.05) is 21.9 Å². The maximum Gasteiger partial charge on any atom is 0.135 e. The molecule has 2 nitrogen and oxygen atoms in total. The van der Waals surface area contributed by atoms with E-state index in [9.17, 15) is 0 Å². The predicted octanol–water partition coefficient (Wildman–Crippen LogP) is 12.0. The summed E-state index contributed by atoms with van der Waals surface area (Å²) in [5.74, 6) is 3.62. The monoisotopic (exact) mass is 560 g/mol. The number of hydrogen-bond donors (Lipinski definition) is 0. The summed E-state index contributed by atoms with van der Waals surface area (Å²) in [5.41, 5.74) is 9.45. The summed E-state index contributed by atoms with van der Waals surface area (Å²) < 4.78 is 12.9. The number of ether oxygens (including phenoxy) is 2. The minimum atomic E-state index is 0.894. The van der Waals surface area contributed by atoms with Gasteiger partial charge in [0.15, 0.2) is 0 Å². The van der Waals surface area contributed by atoms with E-state index in [2.05, 4.69) is 133 Å². The van der Waals surface area contributed by atoms with Crippen molar-refractivity contribution in [2.75, 3.05) is 0 Å². The first-order chi connectivity index (χ1) is 21.8. The zero-order valence-corrected chi connectivity index (χ0v) is 23.7. The third-order valence-corrected chi connectivity index (χ3v) is 9.28. The summed E-state index contributed by atoms with van der Waals surface area (Å²) >= 11 is 0. The van der Waals surface area contributed by atoms with Crippen LogP contribution in [-0.2, 0) is 0 Å². The fraction of sp³-hybridized carbons (Fsp3) is 0. The zero-order chi connectivity index (χ0) is 28.8. The molecule has 0 amide bonds. The Morgan fingerprint density at radius 3 is 1.73 bits per heavy atom. The van der Waals surface area contributed by atoms with Crippen molar-refractivity contribution in [3.05, 3.63) is 146 Å². The van der Waals surface area contributed by atoms with Crippen LogP contribution in [0.1, 0.15) is 0 Å². The fourth-order valence-electron chi connectivity index (χ4n) is 7.34. The van der Waals surface area contributed by atoms with Crippen LogP contribution in [0.25, 0.3) is 76.8 Å². The normalized spacial score (nSPS) is 12.5. The van der Waals surface area contributed by atoms with Crippen molar-refractivity contribution < 1.29 is 9.47 Å². The number of benzene rings is 8. The average molecular weight is 561 g/mol. The van der Waals surface area contributed by atoms with Gasteiger partial charge in [-0.05, 0) is 85.3 Å². The van der Waals surface area contributed by atoms with Crippen LogP contribution in [0, 0.1) is 0 Å². The summed E-state index contributed by atoms with van der Waals surface area (Å²) in [5, 5.41) is 7.18. The number of fused-ring (bicyclic) bond motifs is 5. The minimum absolute atomic E-state index is 0.894. The van der Waals surface area contributed by atoms with Crippen LogP contribution in [0.5, 0.6) is 23.0 Å². The molecule has 8 aromatic rings. The number of rotatable bonds is 2. The van der Waals surface area contributed by atoms with E-state index in [1.54, 1.807) is 0 Å². The van der Waals surface area contributed by atoms with E-state index >= 15 is 0 Å². The van der Waals surface area contributed by atoms with E-state index in [4.69, 9.17) is 9.47 Å². The van der Waals surface area contributed by atoms with E-state index in [0.717, 1.165) is 39.7 Å². The first kappa shape index (κ1) is 23.7. The Morgan fingerprint density at radius 2 is 0.841 bits per heavy atom. The first-order valence-electron chi connectivity index (χ1n) is 15.0. The lowest BCUT2D eigenvalue weighted by molar-refractivity contribution is 0.487. The second-order valence-corrected chi connectivity index (χ2v) is 11.6. The van der Waals surface area contributed by atoms with E-state index in [1.807, 2.05) is 12.1 Å². The molecule has 2 aliphatic heterocycles. The van der Waals surface area contributed by atoms with E-state index in [0.29, 0.717) is 0 Å². The zero-order valence-electron chi connectivity index (χ0n) is 23.7. The second kappa shape index (κ2) is 8.82. The van der Waals surface area contributed by atoms with Crippen LogP contribution in [0.3, 0.4) is 0 Å². The maximum absolute atomic E-state index is 6.52. The third kappa shape index (κ3) is 3.25. The fourth-order valence-corrected chi connectivity index (χ4v) is 7.34. The second-order valence-electron chi connectivity index (χ2n) is 11.6. The number of hydrogen-bond acceptors (Lipinski definition) is 2. The Hall–Kier alpha value is -5.86. The van der Waals surface area contributed by atoms with Crippen molar-refractivity contribution in [2.45, 2.75) is 0 Å². The van der Waals surface area contributed by atoms with Crippen molar-refractivity contribution in [3.8, 4) is 67.5 Å². The molecule has 204 valence electrons. The van der Waals surface area contributed by atoms with Crippen LogP contribution < -0.4 is 9.47 Å². The Balaban J connectivity index is 1.15.